The molecule has 0 bridgehead atoms. The number of carbonyl (C=O) groups excluding carboxylic acids is 2. The average molecular weight is 636 g/mol. The van der Waals surface area contributed by atoms with Crippen LogP contribution in [0.3, 0.4) is 0 Å². The van der Waals surface area contributed by atoms with Gasteiger partial charge in [-0.25, -0.2) is 8.42 Å². The predicted octanol–water partition coefficient (Wildman–Crippen LogP) is 6.34. The molecule has 2 amide bonds. The Hall–Kier alpha value is -3.57. The van der Waals surface area contributed by atoms with E-state index < -0.39 is 46.2 Å². The number of hydrogen-bond donors (Lipinski definition) is 1. The highest BCUT2D eigenvalue weighted by atomic mass is 35.5. The molecule has 0 aromatic heterocycles. The van der Waals surface area contributed by atoms with Crippen LogP contribution in [0.1, 0.15) is 49.3 Å². The van der Waals surface area contributed by atoms with Gasteiger partial charge in [0.1, 0.15) is 12.6 Å². The second-order valence-electron chi connectivity index (χ2n) is 10.7. The molecule has 230 valence electrons. The fraction of sp³-hybridized carbons (Fsp3) is 0.355. The van der Waals surface area contributed by atoms with Gasteiger partial charge in [-0.1, -0.05) is 60.3 Å². The van der Waals surface area contributed by atoms with Gasteiger partial charge in [0.25, 0.3) is 10.0 Å². The van der Waals surface area contributed by atoms with Crippen molar-refractivity contribution in [3.05, 3.63) is 94.5 Å². The minimum atomic E-state index is -4.75. The summed E-state index contributed by atoms with van der Waals surface area (Å²) in [5, 5.41) is 3.37. The van der Waals surface area contributed by atoms with E-state index in [4.69, 9.17) is 11.6 Å². The SMILES string of the molecule is Cc1ccc(S(=O)(=O)N(CC(=O)N(Cc2cccc(Cl)c2)[C@H](C)C(=O)NC2CCCC2)c2cccc(C(F)(F)F)c2)cc1. The van der Waals surface area contributed by atoms with E-state index in [-0.39, 0.29) is 23.2 Å². The number of alkyl halides is 3. The Kier molecular flexibility index (Phi) is 10.1. The Balaban J connectivity index is 1.73. The molecule has 43 heavy (non-hydrogen) atoms. The van der Waals surface area contributed by atoms with Crippen molar-refractivity contribution in [3.63, 3.8) is 0 Å². The number of amides is 2. The number of carbonyl (C=O) groups is 2. The second kappa shape index (κ2) is 13.4. The zero-order chi connectivity index (χ0) is 31.4. The van der Waals surface area contributed by atoms with Gasteiger partial charge in [-0.15, -0.1) is 0 Å². The molecule has 1 N–H and O–H groups in total. The van der Waals surface area contributed by atoms with Crippen molar-refractivity contribution in [1.82, 2.24) is 10.2 Å². The van der Waals surface area contributed by atoms with Crippen LogP contribution in [0.5, 0.6) is 0 Å². The lowest BCUT2D eigenvalue weighted by Crippen LogP contribution is -2.52. The fourth-order valence-corrected chi connectivity index (χ4v) is 6.63. The number of nitrogens with zero attached hydrogens (tertiary/aromatic N) is 2. The molecule has 0 heterocycles. The molecule has 0 spiro atoms. The van der Waals surface area contributed by atoms with Crippen LogP contribution in [-0.2, 0) is 32.3 Å². The van der Waals surface area contributed by atoms with Gasteiger partial charge in [0, 0.05) is 17.6 Å². The molecule has 12 heteroatoms. The Morgan fingerprint density at radius 1 is 1.00 bits per heavy atom. The van der Waals surface area contributed by atoms with Crippen molar-refractivity contribution in [2.75, 3.05) is 10.8 Å². The van der Waals surface area contributed by atoms with Crippen molar-refractivity contribution >= 4 is 39.1 Å². The first-order chi connectivity index (χ1) is 20.3. The topological polar surface area (TPSA) is 86.8 Å². The predicted molar refractivity (Wildman–Crippen MR) is 159 cm³/mol. The van der Waals surface area contributed by atoms with Crippen molar-refractivity contribution in [2.24, 2.45) is 0 Å². The van der Waals surface area contributed by atoms with E-state index in [0.717, 1.165) is 43.4 Å². The molecule has 4 rings (SSSR count). The highest BCUT2D eigenvalue weighted by Crippen LogP contribution is 2.33. The third kappa shape index (κ3) is 8.08. The lowest BCUT2D eigenvalue weighted by atomic mass is 10.1. The Labute approximate surface area is 254 Å². The minimum Gasteiger partial charge on any atom is -0.352 e. The maximum Gasteiger partial charge on any atom is 0.416 e. The number of nitrogens with one attached hydrogen (secondary N) is 1. The van der Waals surface area contributed by atoms with Gasteiger partial charge in [-0.2, -0.15) is 13.2 Å². The van der Waals surface area contributed by atoms with Crippen LogP contribution in [0, 0.1) is 6.92 Å². The van der Waals surface area contributed by atoms with E-state index >= 15 is 0 Å². The number of benzene rings is 3. The lowest BCUT2D eigenvalue weighted by molar-refractivity contribution is -0.139. The summed E-state index contributed by atoms with van der Waals surface area (Å²) in [5.74, 6) is -1.18. The molecule has 1 fully saturated rings. The zero-order valence-corrected chi connectivity index (χ0v) is 25.3. The van der Waals surface area contributed by atoms with Crippen LogP contribution in [0.2, 0.25) is 5.02 Å². The first-order valence-corrected chi connectivity index (χ1v) is 15.7. The van der Waals surface area contributed by atoms with Gasteiger partial charge in [-0.3, -0.25) is 13.9 Å². The quantitative estimate of drug-likeness (QED) is 0.282. The van der Waals surface area contributed by atoms with Crippen LogP contribution in [0.25, 0.3) is 0 Å². The summed E-state index contributed by atoms with van der Waals surface area (Å²) in [5.41, 5.74) is -0.0417. The standard InChI is InChI=1S/C31H33ClF3N3O4S/c1-21-13-15-28(16-14-21)43(41,42)38(27-12-6-8-24(18-27)31(33,34)35)20-29(39)37(19-23-7-5-9-25(32)17-23)22(2)30(40)36-26-10-3-4-11-26/h5-9,12-18,22,26H,3-4,10-11,19-20H2,1-2H3,(H,36,40)/t22-/m1/s1. The van der Waals surface area contributed by atoms with E-state index in [9.17, 15) is 31.2 Å². The van der Waals surface area contributed by atoms with Crippen molar-refractivity contribution in [1.29, 1.82) is 0 Å². The van der Waals surface area contributed by atoms with Gasteiger partial charge in [0.15, 0.2) is 0 Å². The largest absolute Gasteiger partial charge is 0.416 e. The van der Waals surface area contributed by atoms with Gasteiger partial charge < -0.3 is 10.2 Å². The molecule has 0 unspecified atom stereocenters. The minimum absolute atomic E-state index is 0.0263. The molecule has 1 aliphatic carbocycles. The van der Waals surface area contributed by atoms with Gasteiger partial charge in [0.05, 0.1) is 16.1 Å². The van der Waals surface area contributed by atoms with Crippen LogP contribution < -0.4 is 9.62 Å². The van der Waals surface area contributed by atoms with E-state index in [1.54, 1.807) is 43.3 Å². The third-order valence-corrected chi connectivity index (χ3v) is 9.48. The summed E-state index contributed by atoms with van der Waals surface area (Å²) in [6, 6.07) is 15.2. The highest BCUT2D eigenvalue weighted by Gasteiger charge is 2.35. The maximum atomic E-state index is 14.0. The van der Waals surface area contributed by atoms with Crippen LogP contribution in [0.4, 0.5) is 18.9 Å². The highest BCUT2D eigenvalue weighted by molar-refractivity contribution is 7.92. The molecular formula is C31H33ClF3N3O4S. The van der Waals surface area contributed by atoms with Gasteiger partial charge >= 0.3 is 6.18 Å². The zero-order valence-electron chi connectivity index (χ0n) is 23.8. The molecule has 0 radical (unpaired) electrons. The normalized spacial score (nSPS) is 14.7. The van der Waals surface area contributed by atoms with E-state index in [2.05, 4.69) is 5.32 Å². The fourth-order valence-electron chi connectivity index (χ4n) is 5.01. The van der Waals surface area contributed by atoms with Gasteiger partial charge in [0.2, 0.25) is 11.8 Å². The second-order valence-corrected chi connectivity index (χ2v) is 13.0. The Morgan fingerprint density at radius 3 is 2.28 bits per heavy atom. The number of aryl methyl sites for hydroxylation is 1. The van der Waals surface area contributed by atoms with Crippen LogP contribution in [0.15, 0.2) is 77.7 Å². The molecule has 3 aromatic carbocycles. The molecule has 7 nitrogen and oxygen atoms in total. The average Bonchev–Trinajstić information content (AvgIpc) is 3.47. The van der Waals surface area contributed by atoms with E-state index in [1.807, 2.05) is 0 Å². The first kappa shape index (κ1) is 32.3. The monoisotopic (exact) mass is 635 g/mol. The summed E-state index contributed by atoms with van der Waals surface area (Å²) in [4.78, 5) is 28.3. The van der Waals surface area contributed by atoms with Crippen LogP contribution in [-0.4, -0.2) is 43.8 Å². The number of hydrogen-bond acceptors (Lipinski definition) is 4. The molecular weight excluding hydrogens is 603 g/mol. The molecule has 0 saturated heterocycles. The summed E-state index contributed by atoms with van der Waals surface area (Å²) in [6.07, 6.45) is -1.15. The summed E-state index contributed by atoms with van der Waals surface area (Å²) in [7, 11) is -4.51. The number of halogens is 4. The van der Waals surface area contributed by atoms with Gasteiger partial charge in [-0.05, 0) is 74.7 Å². The Morgan fingerprint density at radius 2 is 1.65 bits per heavy atom. The summed E-state index contributed by atoms with van der Waals surface area (Å²) >= 11 is 6.16. The van der Waals surface area contributed by atoms with Crippen molar-refractivity contribution in [2.45, 2.75) is 69.2 Å². The molecule has 3 aromatic rings. The van der Waals surface area contributed by atoms with Crippen molar-refractivity contribution < 1.29 is 31.2 Å². The Bertz CT molecular complexity index is 1560. The molecule has 0 aliphatic heterocycles. The van der Waals surface area contributed by atoms with E-state index in [0.29, 0.717) is 21.0 Å². The number of rotatable bonds is 10. The molecule has 1 saturated carbocycles. The number of sulfonamides is 1. The molecule has 1 aliphatic rings. The van der Waals surface area contributed by atoms with E-state index in [1.165, 1.54) is 30.0 Å². The molecule has 1 atom stereocenters. The summed E-state index contributed by atoms with van der Waals surface area (Å²) in [6.45, 7) is 2.37. The first-order valence-electron chi connectivity index (χ1n) is 13.9. The maximum absolute atomic E-state index is 14.0. The number of anilines is 1. The smallest absolute Gasteiger partial charge is 0.352 e. The van der Waals surface area contributed by atoms with Crippen LogP contribution >= 0.6 is 11.6 Å². The van der Waals surface area contributed by atoms with Crippen molar-refractivity contribution in [3.8, 4) is 0 Å². The third-order valence-electron chi connectivity index (χ3n) is 7.46. The lowest BCUT2D eigenvalue weighted by Gasteiger charge is -2.32. The summed E-state index contributed by atoms with van der Waals surface area (Å²) < 4.78 is 69.3.